The second-order valence-electron chi connectivity index (χ2n) is 5.02. The van der Waals surface area contributed by atoms with Gasteiger partial charge in [-0.1, -0.05) is 12.1 Å². The predicted molar refractivity (Wildman–Crippen MR) is 85.1 cm³/mol. The van der Waals surface area contributed by atoms with Gasteiger partial charge >= 0.3 is 0 Å². The minimum atomic E-state index is 0.630. The van der Waals surface area contributed by atoms with Crippen LogP contribution in [0.2, 0.25) is 0 Å². The first-order valence-corrected chi connectivity index (χ1v) is 7.53. The quantitative estimate of drug-likeness (QED) is 0.888. The van der Waals surface area contributed by atoms with Crippen molar-refractivity contribution in [3.63, 3.8) is 0 Å². The van der Waals surface area contributed by atoms with Crippen molar-refractivity contribution in [1.29, 1.82) is 0 Å². The molecule has 2 rings (SSSR count). The summed E-state index contributed by atoms with van der Waals surface area (Å²) in [5, 5.41) is 0. The Morgan fingerprint density at radius 1 is 1.25 bits per heavy atom. The summed E-state index contributed by atoms with van der Waals surface area (Å²) in [6.45, 7) is 4.65. The summed E-state index contributed by atoms with van der Waals surface area (Å²) in [6, 6.07) is 10.4. The molecule has 0 bridgehead atoms. The van der Waals surface area contributed by atoms with E-state index in [1.54, 1.807) is 18.4 Å². The molecule has 108 valence electrons. The fourth-order valence-electron chi connectivity index (χ4n) is 2.27. The Kier molecular flexibility index (Phi) is 5.17. The summed E-state index contributed by atoms with van der Waals surface area (Å²) in [4.78, 5) is 4.93. The third kappa shape index (κ3) is 3.82. The highest BCUT2D eigenvalue weighted by atomic mass is 32.1. The molecule has 2 aromatic rings. The second-order valence-corrected chi connectivity index (χ2v) is 6.36. The molecule has 1 aromatic carbocycles. The average Bonchev–Trinajstić information content (AvgIpc) is 2.79. The molecule has 0 spiro atoms. The van der Waals surface area contributed by atoms with Crippen LogP contribution in [-0.2, 0) is 19.6 Å². The lowest BCUT2D eigenvalue weighted by molar-refractivity contribution is 0.318. The summed E-state index contributed by atoms with van der Waals surface area (Å²) >= 11 is 1.80. The molecule has 1 heterocycles. The SMILES string of the molecule is COc1cccc(CN(C)Cc2cc(CN)sc2C)c1. The van der Waals surface area contributed by atoms with Crippen LogP contribution in [-0.4, -0.2) is 19.1 Å². The van der Waals surface area contributed by atoms with Gasteiger partial charge in [0.2, 0.25) is 0 Å². The van der Waals surface area contributed by atoms with Crippen molar-refractivity contribution >= 4 is 11.3 Å². The van der Waals surface area contributed by atoms with Gasteiger partial charge in [0.1, 0.15) is 5.75 Å². The van der Waals surface area contributed by atoms with Crippen molar-refractivity contribution in [2.24, 2.45) is 5.73 Å². The van der Waals surface area contributed by atoms with Crippen LogP contribution in [0.5, 0.6) is 5.75 Å². The first-order chi connectivity index (χ1) is 9.62. The van der Waals surface area contributed by atoms with E-state index < -0.39 is 0 Å². The number of hydrogen-bond donors (Lipinski definition) is 1. The Balaban J connectivity index is 2.00. The van der Waals surface area contributed by atoms with E-state index in [0.29, 0.717) is 6.54 Å². The molecule has 0 aliphatic heterocycles. The molecule has 4 heteroatoms. The topological polar surface area (TPSA) is 38.5 Å². The maximum absolute atomic E-state index is 5.70. The predicted octanol–water partition coefficient (Wildman–Crippen LogP) is 3.16. The van der Waals surface area contributed by atoms with Gasteiger partial charge in [-0.05, 0) is 43.3 Å². The first kappa shape index (κ1) is 15.0. The highest BCUT2D eigenvalue weighted by molar-refractivity contribution is 7.12. The molecule has 0 amide bonds. The highest BCUT2D eigenvalue weighted by Gasteiger charge is 2.08. The van der Waals surface area contributed by atoms with Gasteiger partial charge in [-0.15, -0.1) is 11.3 Å². The molecule has 2 N–H and O–H groups in total. The zero-order valence-corrected chi connectivity index (χ0v) is 13.2. The minimum absolute atomic E-state index is 0.630. The Morgan fingerprint density at radius 2 is 2.05 bits per heavy atom. The van der Waals surface area contributed by atoms with Crippen LogP contribution in [0, 0.1) is 6.92 Å². The van der Waals surface area contributed by atoms with Crippen molar-refractivity contribution < 1.29 is 4.74 Å². The lowest BCUT2D eigenvalue weighted by Crippen LogP contribution is -2.17. The highest BCUT2D eigenvalue weighted by Crippen LogP contribution is 2.23. The van der Waals surface area contributed by atoms with Crippen LogP contribution < -0.4 is 10.5 Å². The number of nitrogens with two attached hydrogens (primary N) is 1. The van der Waals surface area contributed by atoms with Gasteiger partial charge in [0.15, 0.2) is 0 Å². The molecule has 0 fully saturated rings. The molecule has 0 aliphatic carbocycles. The normalized spacial score (nSPS) is 11.1. The van der Waals surface area contributed by atoms with Gasteiger partial charge in [0.25, 0.3) is 0 Å². The van der Waals surface area contributed by atoms with Gasteiger partial charge in [-0.3, -0.25) is 4.90 Å². The third-order valence-electron chi connectivity index (χ3n) is 3.30. The number of aryl methyl sites for hydroxylation is 1. The van der Waals surface area contributed by atoms with Crippen molar-refractivity contribution in [3.8, 4) is 5.75 Å². The summed E-state index contributed by atoms with van der Waals surface area (Å²) in [5.74, 6) is 0.910. The standard InChI is InChI=1S/C16H22N2OS/c1-12-14(8-16(9-17)20-12)11-18(2)10-13-5-4-6-15(7-13)19-3/h4-8H,9-11,17H2,1-3H3. The van der Waals surface area contributed by atoms with E-state index in [0.717, 1.165) is 18.8 Å². The monoisotopic (exact) mass is 290 g/mol. The summed E-state index contributed by atoms with van der Waals surface area (Å²) < 4.78 is 5.26. The van der Waals surface area contributed by atoms with Crippen LogP contribution in [0.25, 0.3) is 0 Å². The molecular formula is C16H22N2OS. The number of thiophene rings is 1. The van der Waals surface area contributed by atoms with Gasteiger partial charge in [-0.2, -0.15) is 0 Å². The Labute approximate surface area is 125 Å². The van der Waals surface area contributed by atoms with Gasteiger partial charge in [0.05, 0.1) is 7.11 Å². The number of benzene rings is 1. The van der Waals surface area contributed by atoms with E-state index in [1.165, 1.54) is 20.9 Å². The lowest BCUT2D eigenvalue weighted by atomic mass is 10.2. The van der Waals surface area contributed by atoms with Crippen molar-refractivity contribution in [1.82, 2.24) is 4.90 Å². The number of ether oxygens (including phenoxy) is 1. The van der Waals surface area contributed by atoms with E-state index in [9.17, 15) is 0 Å². The smallest absolute Gasteiger partial charge is 0.119 e. The van der Waals surface area contributed by atoms with Crippen LogP contribution in [0.1, 0.15) is 20.9 Å². The molecule has 0 aliphatic rings. The maximum atomic E-state index is 5.70. The van der Waals surface area contributed by atoms with E-state index in [4.69, 9.17) is 10.5 Å². The lowest BCUT2D eigenvalue weighted by Gasteiger charge is -2.17. The molecule has 1 aromatic heterocycles. The van der Waals surface area contributed by atoms with E-state index >= 15 is 0 Å². The van der Waals surface area contributed by atoms with Gasteiger partial charge < -0.3 is 10.5 Å². The average molecular weight is 290 g/mol. The third-order valence-corrected chi connectivity index (χ3v) is 4.41. The van der Waals surface area contributed by atoms with Crippen molar-refractivity contribution in [3.05, 3.63) is 51.2 Å². The van der Waals surface area contributed by atoms with Crippen LogP contribution in [0.3, 0.4) is 0 Å². The summed E-state index contributed by atoms with van der Waals surface area (Å²) in [6.07, 6.45) is 0. The fourth-order valence-corrected chi connectivity index (χ4v) is 3.21. The summed E-state index contributed by atoms with van der Waals surface area (Å²) in [7, 11) is 3.84. The zero-order chi connectivity index (χ0) is 14.5. The number of hydrogen-bond acceptors (Lipinski definition) is 4. The van der Waals surface area contributed by atoms with Gasteiger partial charge in [-0.25, -0.2) is 0 Å². The second kappa shape index (κ2) is 6.88. The molecule has 0 saturated carbocycles. The first-order valence-electron chi connectivity index (χ1n) is 6.72. The van der Waals surface area contributed by atoms with E-state index in [1.807, 2.05) is 12.1 Å². The van der Waals surface area contributed by atoms with Crippen molar-refractivity contribution in [2.75, 3.05) is 14.2 Å². The van der Waals surface area contributed by atoms with E-state index in [-0.39, 0.29) is 0 Å². The molecule has 0 unspecified atom stereocenters. The minimum Gasteiger partial charge on any atom is -0.497 e. The largest absolute Gasteiger partial charge is 0.497 e. The summed E-state index contributed by atoms with van der Waals surface area (Å²) in [5.41, 5.74) is 8.34. The molecule has 0 atom stereocenters. The molecule has 0 saturated heterocycles. The number of rotatable bonds is 6. The van der Waals surface area contributed by atoms with Crippen LogP contribution in [0.4, 0.5) is 0 Å². The Morgan fingerprint density at radius 3 is 2.70 bits per heavy atom. The van der Waals surface area contributed by atoms with Gasteiger partial charge in [0, 0.05) is 29.4 Å². The maximum Gasteiger partial charge on any atom is 0.119 e. The number of methoxy groups -OCH3 is 1. The van der Waals surface area contributed by atoms with Crippen molar-refractivity contribution in [2.45, 2.75) is 26.6 Å². The van der Waals surface area contributed by atoms with E-state index in [2.05, 4.69) is 37.1 Å². The Hall–Kier alpha value is -1.36. The molecule has 20 heavy (non-hydrogen) atoms. The van der Waals surface area contributed by atoms with Crippen LogP contribution in [0.15, 0.2) is 30.3 Å². The van der Waals surface area contributed by atoms with Crippen LogP contribution >= 0.6 is 11.3 Å². The zero-order valence-electron chi connectivity index (χ0n) is 12.3. The molecular weight excluding hydrogens is 268 g/mol. The Bertz CT molecular complexity index is 565. The number of nitrogens with zero attached hydrogens (tertiary/aromatic N) is 1. The fraction of sp³-hybridized carbons (Fsp3) is 0.375. The molecule has 3 nitrogen and oxygen atoms in total. The molecule has 0 radical (unpaired) electrons.